The molecule has 0 N–H and O–H groups in total. The Balaban J connectivity index is 2.26. The molecule has 0 saturated carbocycles. The highest BCUT2D eigenvalue weighted by molar-refractivity contribution is 6.74. The number of pyridine rings is 1. The number of carbonyl (C=O) groups is 1. The van der Waals surface area contributed by atoms with Crippen molar-refractivity contribution >= 4 is 14.3 Å². The van der Waals surface area contributed by atoms with Crippen molar-refractivity contribution in [1.82, 2.24) is 4.98 Å². The zero-order valence-electron chi connectivity index (χ0n) is 17.9. The fourth-order valence-corrected chi connectivity index (χ4v) is 3.39. The maximum atomic E-state index is 14.9. The van der Waals surface area contributed by atoms with Crippen LogP contribution in [0, 0.1) is 17.5 Å². The molecule has 0 radical (unpaired) electrons. The summed E-state index contributed by atoms with van der Waals surface area (Å²) in [5.74, 6) is -4.26. The van der Waals surface area contributed by atoms with Gasteiger partial charge >= 0.3 is 5.97 Å². The maximum Gasteiger partial charge on any atom is 0.356 e. The molecule has 0 unspecified atom stereocenters. The van der Waals surface area contributed by atoms with Crippen molar-refractivity contribution in [3.05, 3.63) is 47.4 Å². The van der Waals surface area contributed by atoms with Gasteiger partial charge in [0.2, 0.25) is 0 Å². The minimum absolute atomic E-state index is 0.00907. The molecule has 2 rings (SSSR count). The second-order valence-electron chi connectivity index (χ2n) is 8.21. The largest absolute Gasteiger partial charge is 0.488 e. The Morgan fingerprint density at radius 3 is 2.27 bits per heavy atom. The highest BCUT2D eigenvalue weighted by atomic mass is 28.4. The lowest BCUT2D eigenvalue weighted by atomic mass is 10.1. The first-order valence-corrected chi connectivity index (χ1v) is 12.3. The maximum absolute atomic E-state index is 14.9. The van der Waals surface area contributed by atoms with Crippen LogP contribution < -0.4 is 4.74 Å². The number of hydrogen-bond acceptors (Lipinski definition) is 5. The van der Waals surface area contributed by atoms with Crippen LogP contribution in [0.5, 0.6) is 5.75 Å². The normalized spacial score (nSPS) is 12.0. The van der Waals surface area contributed by atoms with Crippen molar-refractivity contribution in [3.8, 4) is 17.0 Å². The van der Waals surface area contributed by atoms with Crippen LogP contribution in [0.15, 0.2) is 24.3 Å². The van der Waals surface area contributed by atoms with E-state index < -0.39 is 43.0 Å². The van der Waals surface area contributed by atoms with Gasteiger partial charge in [0.1, 0.15) is 29.6 Å². The molecule has 0 aliphatic rings. The Kier molecular flexibility index (Phi) is 7.30. The summed E-state index contributed by atoms with van der Waals surface area (Å²) in [6, 6.07) is 4.03. The Morgan fingerprint density at radius 2 is 1.67 bits per heavy atom. The molecule has 2 aromatic rings. The van der Waals surface area contributed by atoms with Gasteiger partial charge in [-0.05, 0) is 42.4 Å². The van der Waals surface area contributed by atoms with Crippen molar-refractivity contribution in [2.75, 3.05) is 20.3 Å². The van der Waals surface area contributed by atoms with Gasteiger partial charge in [-0.15, -0.1) is 0 Å². The molecule has 0 aliphatic carbocycles. The van der Waals surface area contributed by atoms with E-state index >= 15 is 0 Å². The van der Waals surface area contributed by atoms with E-state index in [2.05, 4.69) is 43.6 Å². The Hall–Kier alpha value is -2.39. The third-order valence-corrected chi connectivity index (χ3v) is 9.68. The minimum atomic E-state index is -1.99. The number of carbonyl (C=O) groups excluding carboxylic acids is 1. The van der Waals surface area contributed by atoms with Crippen LogP contribution in [0.4, 0.5) is 13.2 Å². The smallest absolute Gasteiger partial charge is 0.356 e. The summed E-state index contributed by atoms with van der Waals surface area (Å²) >= 11 is 0. The van der Waals surface area contributed by atoms with Gasteiger partial charge in [0, 0.05) is 0 Å². The average molecular weight is 442 g/mol. The number of halogens is 3. The quantitative estimate of drug-likeness (QED) is 0.329. The molecule has 1 aromatic heterocycles. The molecule has 0 atom stereocenters. The zero-order chi connectivity index (χ0) is 22.7. The summed E-state index contributed by atoms with van der Waals surface area (Å²) in [5, 5.41) is 0.00907. The van der Waals surface area contributed by atoms with Crippen LogP contribution in [-0.4, -0.2) is 39.6 Å². The topological polar surface area (TPSA) is 57.7 Å². The summed E-state index contributed by atoms with van der Waals surface area (Å²) in [5.41, 5.74) is -1.64. The van der Waals surface area contributed by atoms with E-state index in [0.717, 1.165) is 31.4 Å². The van der Waals surface area contributed by atoms with Gasteiger partial charge in [0.15, 0.2) is 19.9 Å². The summed E-state index contributed by atoms with van der Waals surface area (Å²) in [7, 11) is -0.875. The Morgan fingerprint density at radius 1 is 1.03 bits per heavy atom. The lowest BCUT2D eigenvalue weighted by Crippen LogP contribution is -2.41. The summed E-state index contributed by atoms with van der Waals surface area (Å²) < 4.78 is 59.5. The third kappa shape index (κ3) is 5.20. The molecule has 1 heterocycles. The van der Waals surface area contributed by atoms with E-state index in [0.29, 0.717) is 0 Å². The van der Waals surface area contributed by atoms with Crippen molar-refractivity contribution in [3.63, 3.8) is 0 Å². The first kappa shape index (κ1) is 23.9. The van der Waals surface area contributed by atoms with Gasteiger partial charge < -0.3 is 13.9 Å². The lowest BCUT2D eigenvalue weighted by Gasteiger charge is -2.36. The standard InChI is InChI=1S/C21H26F3NO4Si/c1-21(2,3)30(5,6)29-12-11-28-16-10-8-13(22)17(18(16)24)19-14(23)7-9-15(25-19)20(26)27-4/h7-10H,11-12H2,1-6H3. The molecular weight excluding hydrogens is 415 g/mol. The van der Waals surface area contributed by atoms with Crippen LogP contribution in [0.1, 0.15) is 31.3 Å². The number of methoxy groups -OCH3 is 1. The average Bonchev–Trinajstić information content (AvgIpc) is 2.66. The summed E-state index contributed by atoms with van der Waals surface area (Å²) in [6.07, 6.45) is 0. The van der Waals surface area contributed by atoms with E-state index in [4.69, 9.17) is 9.16 Å². The highest BCUT2D eigenvalue weighted by Crippen LogP contribution is 2.36. The number of aromatic nitrogens is 1. The highest BCUT2D eigenvalue weighted by Gasteiger charge is 2.37. The van der Waals surface area contributed by atoms with Gasteiger partial charge in [-0.3, -0.25) is 0 Å². The van der Waals surface area contributed by atoms with Gasteiger partial charge in [-0.2, -0.15) is 0 Å². The molecule has 164 valence electrons. The summed E-state index contributed by atoms with van der Waals surface area (Å²) in [6.45, 7) is 10.7. The molecule has 30 heavy (non-hydrogen) atoms. The number of ether oxygens (including phenoxy) is 2. The lowest BCUT2D eigenvalue weighted by molar-refractivity contribution is 0.0594. The predicted octanol–water partition coefficient (Wildman–Crippen LogP) is 5.35. The van der Waals surface area contributed by atoms with Crippen molar-refractivity contribution in [1.29, 1.82) is 0 Å². The fraction of sp³-hybridized carbons (Fsp3) is 0.429. The Labute approximate surface area is 175 Å². The molecule has 0 amide bonds. The van der Waals surface area contributed by atoms with Crippen molar-refractivity contribution in [2.24, 2.45) is 0 Å². The van der Waals surface area contributed by atoms with E-state index in [1.807, 2.05) is 0 Å². The van der Waals surface area contributed by atoms with Crippen LogP contribution in [0.3, 0.4) is 0 Å². The molecule has 9 heteroatoms. The number of esters is 1. The van der Waals surface area contributed by atoms with Gasteiger partial charge in [0.05, 0.1) is 19.3 Å². The fourth-order valence-electron chi connectivity index (χ4n) is 2.36. The van der Waals surface area contributed by atoms with E-state index in [-0.39, 0.29) is 29.7 Å². The molecule has 0 bridgehead atoms. The molecule has 0 saturated heterocycles. The van der Waals surface area contributed by atoms with Crippen LogP contribution >= 0.6 is 0 Å². The van der Waals surface area contributed by atoms with Crippen LogP contribution in [0.25, 0.3) is 11.3 Å². The first-order valence-electron chi connectivity index (χ1n) is 9.39. The molecule has 0 spiro atoms. The number of hydrogen-bond donors (Lipinski definition) is 0. The van der Waals surface area contributed by atoms with E-state index in [1.165, 1.54) is 0 Å². The number of rotatable bonds is 7. The Bertz CT molecular complexity index is 929. The van der Waals surface area contributed by atoms with Gasteiger partial charge in [-0.25, -0.2) is 22.9 Å². The van der Waals surface area contributed by atoms with Crippen molar-refractivity contribution in [2.45, 2.75) is 38.9 Å². The molecule has 5 nitrogen and oxygen atoms in total. The summed E-state index contributed by atoms with van der Waals surface area (Å²) in [4.78, 5) is 15.4. The molecular formula is C21H26F3NO4Si. The third-order valence-electron chi connectivity index (χ3n) is 5.14. The minimum Gasteiger partial charge on any atom is -0.488 e. The molecule has 0 fully saturated rings. The monoisotopic (exact) mass is 441 g/mol. The zero-order valence-corrected chi connectivity index (χ0v) is 18.9. The second kappa shape index (κ2) is 9.17. The van der Waals surface area contributed by atoms with Gasteiger partial charge in [-0.1, -0.05) is 20.8 Å². The second-order valence-corrected chi connectivity index (χ2v) is 13.0. The van der Waals surface area contributed by atoms with E-state index in [9.17, 15) is 18.0 Å². The van der Waals surface area contributed by atoms with Crippen LogP contribution in [-0.2, 0) is 9.16 Å². The van der Waals surface area contributed by atoms with Crippen molar-refractivity contribution < 1.29 is 31.9 Å². The van der Waals surface area contributed by atoms with Gasteiger partial charge in [0.25, 0.3) is 0 Å². The van der Waals surface area contributed by atoms with E-state index in [1.54, 1.807) is 0 Å². The number of nitrogens with zero attached hydrogens (tertiary/aromatic N) is 1. The molecule has 0 aliphatic heterocycles. The molecule has 1 aromatic carbocycles. The predicted molar refractivity (Wildman–Crippen MR) is 110 cm³/mol. The first-order chi connectivity index (χ1) is 13.9. The van der Waals surface area contributed by atoms with Crippen LogP contribution in [0.2, 0.25) is 18.1 Å². The number of benzene rings is 1. The SMILES string of the molecule is COC(=O)c1ccc(F)c(-c2c(F)ccc(OCCO[Si](C)(C)C(C)(C)C)c2F)n1.